The van der Waals surface area contributed by atoms with Crippen LogP contribution in [0, 0.1) is 10.1 Å². The summed E-state index contributed by atoms with van der Waals surface area (Å²) in [5.74, 6) is -0.758. The summed E-state index contributed by atoms with van der Waals surface area (Å²) in [6.45, 7) is 0.0704. The fourth-order valence-electron chi connectivity index (χ4n) is 4.06. The first kappa shape index (κ1) is 22.9. The zero-order chi connectivity index (χ0) is 24.0. The Bertz CT molecular complexity index is 1180. The molecule has 0 saturated heterocycles. The molecule has 0 amide bonds. The molecule has 0 bridgehead atoms. The Morgan fingerprint density at radius 3 is 1.68 bits per heavy atom. The molecule has 0 spiro atoms. The first-order chi connectivity index (χ1) is 16.6. The molecular formula is C28H23NO5. The number of rotatable bonds is 8. The van der Waals surface area contributed by atoms with E-state index in [-0.39, 0.29) is 17.9 Å². The van der Waals surface area contributed by atoms with Crippen LogP contribution in [0.3, 0.4) is 0 Å². The standard InChI is InChI=1S/C28H23NO5/c1-33-27(30)25-18-17-21(19-26(25)29(31)32)20-34-28(22-11-5-2-6-12-22,23-13-7-3-8-14-23)24-15-9-4-10-16-24/h2-19H,20H2,1H3. The summed E-state index contributed by atoms with van der Waals surface area (Å²) in [6.07, 6.45) is 0. The number of carbonyl (C=O) groups excluding carboxylic acids is 1. The van der Waals surface area contributed by atoms with E-state index in [0.29, 0.717) is 5.56 Å². The molecule has 4 rings (SSSR count). The average molecular weight is 453 g/mol. The molecule has 0 atom stereocenters. The largest absolute Gasteiger partial charge is 0.465 e. The van der Waals surface area contributed by atoms with Gasteiger partial charge in [0.25, 0.3) is 5.69 Å². The van der Waals surface area contributed by atoms with Crippen molar-refractivity contribution in [2.45, 2.75) is 12.2 Å². The summed E-state index contributed by atoms with van der Waals surface area (Å²) in [7, 11) is 1.19. The Morgan fingerprint density at radius 2 is 1.26 bits per heavy atom. The molecule has 0 aliphatic rings. The minimum absolute atomic E-state index is 0.0704. The topological polar surface area (TPSA) is 78.7 Å². The Labute approximate surface area is 197 Å². The minimum Gasteiger partial charge on any atom is -0.465 e. The third kappa shape index (κ3) is 4.44. The number of benzene rings is 4. The molecule has 6 heteroatoms. The smallest absolute Gasteiger partial charge is 0.344 e. The number of hydrogen-bond acceptors (Lipinski definition) is 5. The van der Waals surface area contributed by atoms with Crippen molar-refractivity contribution in [1.29, 1.82) is 0 Å². The summed E-state index contributed by atoms with van der Waals surface area (Å²) in [5, 5.41) is 11.6. The van der Waals surface area contributed by atoms with Crippen LogP contribution in [-0.4, -0.2) is 18.0 Å². The predicted octanol–water partition coefficient (Wildman–Crippen LogP) is 5.89. The molecule has 0 N–H and O–H groups in total. The molecule has 4 aromatic carbocycles. The van der Waals surface area contributed by atoms with Gasteiger partial charge in [0.05, 0.1) is 18.6 Å². The first-order valence-electron chi connectivity index (χ1n) is 10.7. The van der Waals surface area contributed by atoms with Crippen molar-refractivity contribution in [3.8, 4) is 0 Å². The number of ether oxygens (including phenoxy) is 2. The summed E-state index contributed by atoms with van der Waals surface area (Å²) in [5.41, 5.74) is 1.95. The van der Waals surface area contributed by atoms with Crippen molar-refractivity contribution < 1.29 is 19.2 Å². The average Bonchev–Trinajstić information content (AvgIpc) is 2.90. The molecule has 0 saturated carbocycles. The van der Waals surface area contributed by atoms with Crippen LogP contribution in [-0.2, 0) is 21.7 Å². The van der Waals surface area contributed by atoms with Gasteiger partial charge in [0, 0.05) is 6.07 Å². The number of nitro groups is 1. The van der Waals surface area contributed by atoms with Crippen molar-refractivity contribution in [2.24, 2.45) is 0 Å². The number of carbonyl (C=O) groups is 1. The SMILES string of the molecule is COC(=O)c1ccc(COC(c2ccccc2)(c2ccccc2)c2ccccc2)cc1[N+](=O)[O-]. The quantitative estimate of drug-likeness (QED) is 0.144. The second kappa shape index (κ2) is 10.1. The van der Waals surface area contributed by atoms with Gasteiger partial charge < -0.3 is 9.47 Å². The minimum atomic E-state index is -0.959. The summed E-state index contributed by atoms with van der Waals surface area (Å²) in [6, 6.07) is 34.0. The second-order valence-electron chi connectivity index (χ2n) is 7.67. The molecule has 0 aromatic heterocycles. The van der Waals surface area contributed by atoms with Gasteiger partial charge in [-0.15, -0.1) is 0 Å². The van der Waals surface area contributed by atoms with Crippen LogP contribution in [0.4, 0.5) is 5.69 Å². The zero-order valence-corrected chi connectivity index (χ0v) is 18.6. The van der Waals surface area contributed by atoms with Crippen LogP contribution in [0.15, 0.2) is 109 Å². The fraction of sp³-hybridized carbons (Fsp3) is 0.107. The van der Waals surface area contributed by atoms with E-state index in [4.69, 9.17) is 4.74 Å². The number of nitrogens with zero attached hydrogens (tertiary/aromatic N) is 1. The molecule has 0 fully saturated rings. The maximum Gasteiger partial charge on any atom is 0.344 e. The first-order valence-corrected chi connectivity index (χ1v) is 10.7. The normalized spacial score (nSPS) is 11.1. The monoisotopic (exact) mass is 453 g/mol. The molecule has 0 unspecified atom stereocenters. The van der Waals surface area contributed by atoms with Crippen molar-refractivity contribution in [2.75, 3.05) is 7.11 Å². The van der Waals surface area contributed by atoms with Crippen molar-refractivity contribution in [3.05, 3.63) is 147 Å². The second-order valence-corrected chi connectivity index (χ2v) is 7.67. The maximum atomic E-state index is 12.0. The lowest BCUT2D eigenvalue weighted by Gasteiger charge is -2.36. The highest BCUT2D eigenvalue weighted by Crippen LogP contribution is 2.41. The zero-order valence-electron chi connectivity index (χ0n) is 18.6. The molecule has 0 heterocycles. The van der Waals surface area contributed by atoms with Gasteiger partial charge in [0.1, 0.15) is 11.2 Å². The lowest BCUT2D eigenvalue weighted by molar-refractivity contribution is -0.385. The molecule has 0 aliphatic heterocycles. The molecule has 170 valence electrons. The number of nitro benzene ring substituents is 1. The number of esters is 1. The highest BCUT2D eigenvalue weighted by Gasteiger charge is 2.37. The van der Waals surface area contributed by atoms with Crippen LogP contribution in [0.5, 0.6) is 0 Å². The Balaban J connectivity index is 1.83. The van der Waals surface area contributed by atoms with Gasteiger partial charge in [-0.25, -0.2) is 4.79 Å². The van der Waals surface area contributed by atoms with E-state index in [2.05, 4.69) is 4.74 Å². The van der Waals surface area contributed by atoms with E-state index < -0.39 is 16.5 Å². The van der Waals surface area contributed by atoms with Crippen LogP contribution in [0.1, 0.15) is 32.6 Å². The molecular weight excluding hydrogens is 430 g/mol. The van der Waals surface area contributed by atoms with Crippen molar-refractivity contribution in [3.63, 3.8) is 0 Å². The Hall–Kier alpha value is -4.29. The third-order valence-electron chi connectivity index (χ3n) is 5.66. The van der Waals surface area contributed by atoms with Gasteiger partial charge in [0.2, 0.25) is 0 Å². The molecule has 6 nitrogen and oxygen atoms in total. The fourth-order valence-corrected chi connectivity index (χ4v) is 4.06. The van der Waals surface area contributed by atoms with E-state index in [1.54, 1.807) is 6.07 Å². The third-order valence-corrected chi connectivity index (χ3v) is 5.66. The van der Waals surface area contributed by atoms with E-state index >= 15 is 0 Å². The Kier molecular flexibility index (Phi) is 6.80. The van der Waals surface area contributed by atoms with Gasteiger partial charge in [0.15, 0.2) is 0 Å². The highest BCUT2D eigenvalue weighted by molar-refractivity contribution is 5.93. The van der Waals surface area contributed by atoms with Gasteiger partial charge in [-0.2, -0.15) is 0 Å². The van der Waals surface area contributed by atoms with E-state index in [0.717, 1.165) is 16.7 Å². The summed E-state index contributed by atoms with van der Waals surface area (Å²) < 4.78 is 11.4. The van der Waals surface area contributed by atoms with Gasteiger partial charge in [-0.3, -0.25) is 10.1 Å². The number of methoxy groups -OCH3 is 1. The van der Waals surface area contributed by atoms with Crippen LogP contribution in [0.25, 0.3) is 0 Å². The van der Waals surface area contributed by atoms with Crippen LogP contribution >= 0.6 is 0 Å². The van der Waals surface area contributed by atoms with Crippen LogP contribution in [0.2, 0.25) is 0 Å². The molecule has 0 aliphatic carbocycles. The van der Waals surface area contributed by atoms with E-state index in [1.165, 1.54) is 19.2 Å². The molecule has 0 radical (unpaired) electrons. The van der Waals surface area contributed by atoms with Crippen LogP contribution < -0.4 is 0 Å². The lowest BCUT2D eigenvalue weighted by Crippen LogP contribution is -2.32. The van der Waals surface area contributed by atoms with Crippen molar-refractivity contribution in [1.82, 2.24) is 0 Å². The van der Waals surface area contributed by atoms with Crippen molar-refractivity contribution >= 4 is 11.7 Å². The summed E-state index contributed by atoms with van der Waals surface area (Å²) >= 11 is 0. The Morgan fingerprint density at radius 1 is 0.794 bits per heavy atom. The summed E-state index contributed by atoms with van der Waals surface area (Å²) in [4.78, 5) is 23.0. The lowest BCUT2D eigenvalue weighted by atomic mass is 9.80. The maximum absolute atomic E-state index is 12.0. The molecule has 4 aromatic rings. The molecule has 34 heavy (non-hydrogen) atoms. The predicted molar refractivity (Wildman–Crippen MR) is 128 cm³/mol. The van der Waals surface area contributed by atoms with E-state index in [1.807, 2.05) is 91.0 Å². The van der Waals surface area contributed by atoms with Gasteiger partial charge >= 0.3 is 5.97 Å². The van der Waals surface area contributed by atoms with E-state index in [9.17, 15) is 14.9 Å². The number of hydrogen-bond donors (Lipinski definition) is 0. The van der Waals surface area contributed by atoms with Gasteiger partial charge in [-0.1, -0.05) is 97.1 Å². The van der Waals surface area contributed by atoms with Gasteiger partial charge in [-0.05, 0) is 28.3 Å². The highest BCUT2D eigenvalue weighted by atomic mass is 16.6.